The van der Waals surface area contributed by atoms with Crippen molar-refractivity contribution in [1.82, 2.24) is 5.32 Å². The Morgan fingerprint density at radius 2 is 2.00 bits per heavy atom. The molecule has 1 N–H and O–H groups in total. The third kappa shape index (κ3) is 6.05. The molecule has 3 nitrogen and oxygen atoms in total. The molecule has 0 aliphatic rings. The molecule has 0 radical (unpaired) electrons. The molecule has 0 saturated carbocycles. The third-order valence-electron chi connectivity index (χ3n) is 2.27. The van der Waals surface area contributed by atoms with E-state index in [-0.39, 0.29) is 6.10 Å². The average molecular weight is 302 g/mol. The third-order valence-corrected chi connectivity index (χ3v) is 2.80. The van der Waals surface area contributed by atoms with E-state index >= 15 is 0 Å². The summed E-state index contributed by atoms with van der Waals surface area (Å²) < 4.78 is 12.1. The summed E-state index contributed by atoms with van der Waals surface area (Å²) in [4.78, 5) is 0. The van der Waals surface area contributed by atoms with Crippen molar-refractivity contribution in [3.8, 4) is 5.75 Å². The normalized spacial score (nSPS) is 12.4. The van der Waals surface area contributed by atoms with Gasteiger partial charge in [0.2, 0.25) is 0 Å². The molecule has 96 valence electrons. The topological polar surface area (TPSA) is 30.5 Å². The summed E-state index contributed by atoms with van der Waals surface area (Å²) in [5.74, 6) is 0.869. The second kappa shape index (κ2) is 8.50. The van der Waals surface area contributed by atoms with Gasteiger partial charge in [-0.2, -0.15) is 0 Å². The molecule has 1 unspecified atom stereocenters. The van der Waals surface area contributed by atoms with Gasteiger partial charge in [-0.05, 0) is 37.2 Å². The van der Waals surface area contributed by atoms with Crippen LogP contribution in [0.1, 0.15) is 13.3 Å². The van der Waals surface area contributed by atoms with Crippen LogP contribution in [-0.2, 0) is 4.74 Å². The molecular weight excluding hydrogens is 282 g/mol. The Labute approximate surface area is 112 Å². The maximum Gasteiger partial charge on any atom is 0.134 e. The molecule has 1 rings (SSSR count). The lowest BCUT2D eigenvalue weighted by Crippen LogP contribution is -2.35. The summed E-state index contributed by atoms with van der Waals surface area (Å²) in [5.41, 5.74) is 0. The van der Waals surface area contributed by atoms with Crippen LogP contribution in [0.3, 0.4) is 0 Å². The maximum absolute atomic E-state index is 5.85. The highest BCUT2D eigenvalue weighted by molar-refractivity contribution is 9.10. The van der Waals surface area contributed by atoms with Gasteiger partial charge in [0.15, 0.2) is 0 Å². The number of halogens is 1. The highest BCUT2D eigenvalue weighted by Gasteiger charge is 2.09. The fraction of sp³-hybridized carbons (Fsp3) is 0.538. The lowest BCUT2D eigenvalue weighted by molar-refractivity contribution is 0.0807. The summed E-state index contributed by atoms with van der Waals surface area (Å²) in [6, 6.07) is 7.84. The summed E-state index contributed by atoms with van der Waals surface area (Å²) in [5, 5.41) is 3.34. The molecule has 0 aromatic heterocycles. The second-order valence-corrected chi connectivity index (χ2v) is 4.77. The summed E-state index contributed by atoms with van der Waals surface area (Å²) in [6.07, 6.45) is 1.17. The first kappa shape index (κ1) is 14.5. The zero-order valence-corrected chi connectivity index (χ0v) is 12.0. The summed E-state index contributed by atoms with van der Waals surface area (Å²) >= 11 is 3.40. The molecule has 4 heteroatoms. The van der Waals surface area contributed by atoms with Gasteiger partial charge >= 0.3 is 0 Å². The van der Waals surface area contributed by atoms with Gasteiger partial charge < -0.3 is 14.8 Å². The van der Waals surface area contributed by atoms with E-state index in [1.54, 1.807) is 7.11 Å². The van der Waals surface area contributed by atoms with Crippen LogP contribution in [0.4, 0.5) is 0 Å². The van der Waals surface area contributed by atoms with E-state index in [2.05, 4.69) is 28.2 Å². The Hall–Kier alpha value is -0.580. The first-order valence-electron chi connectivity index (χ1n) is 5.88. The van der Waals surface area contributed by atoms with E-state index in [0.29, 0.717) is 6.61 Å². The van der Waals surface area contributed by atoms with Gasteiger partial charge in [-0.1, -0.05) is 22.9 Å². The fourth-order valence-electron chi connectivity index (χ4n) is 1.47. The standard InChI is InChI=1S/C13H20BrNO2/c1-3-8-15-9-13(10-16-2)17-12-6-4-11(14)5-7-12/h4-7,13,15H,3,8-10H2,1-2H3. The van der Waals surface area contributed by atoms with Crippen molar-refractivity contribution in [3.63, 3.8) is 0 Å². The zero-order chi connectivity index (χ0) is 12.5. The van der Waals surface area contributed by atoms with E-state index in [9.17, 15) is 0 Å². The van der Waals surface area contributed by atoms with Crippen LogP contribution in [-0.4, -0.2) is 32.9 Å². The van der Waals surface area contributed by atoms with Gasteiger partial charge in [-0.25, -0.2) is 0 Å². The van der Waals surface area contributed by atoms with E-state index in [1.807, 2.05) is 24.3 Å². The molecule has 0 spiro atoms. The van der Waals surface area contributed by atoms with Crippen LogP contribution >= 0.6 is 15.9 Å². The van der Waals surface area contributed by atoms with Crippen molar-refractivity contribution in [3.05, 3.63) is 28.7 Å². The van der Waals surface area contributed by atoms with E-state index in [4.69, 9.17) is 9.47 Å². The van der Waals surface area contributed by atoms with E-state index < -0.39 is 0 Å². The van der Waals surface area contributed by atoms with Crippen LogP contribution in [0, 0.1) is 0 Å². The predicted octanol–water partition coefficient (Wildman–Crippen LogP) is 2.84. The lowest BCUT2D eigenvalue weighted by atomic mass is 10.3. The molecule has 0 saturated heterocycles. The Morgan fingerprint density at radius 3 is 2.59 bits per heavy atom. The smallest absolute Gasteiger partial charge is 0.134 e. The number of ether oxygens (including phenoxy) is 2. The first-order valence-corrected chi connectivity index (χ1v) is 6.67. The van der Waals surface area contributed by atoms with E-state index in [0.717, 1.165) is 29.7 Å². The largest absolute Gasteiger partial charge is 0.487 e. The number of hydrogen-bond donors (Lipinski definition) is 1. The minimum atomic E-state index is 0.0488. The molecular formula is C13H20BrNO2. The molecule has 0 bridgehead atoms. The monoisotopic (exact) mass is 301 g/mol. The van der Waals surface area contributed by atoms with Crippen molar-refractivity contribution in [1.29, 1.82) is 0 Å². The van der Waals surface area contributed by atoms with Crippen molar-refractivity contribution < 1.29 is 9.47 Å². The molecule has 0 heterocycles. The Morgan fingerprint density at radius 1 is 1.29 bits per heavy atom. The van der Waals surface area contributed by atoms with Crippen molar-refractivity contribution in [2.24, 2.45) is 0 Å². The van der Waals surface area contributed by atoms with Crippen LogP contribution in [0.5, 0.6) is 5.75 Å². The quantitative estimate of drug-likeness (QED) is 0.749. The van der Waals surface area contributed by atoms with Gasteiger partial charge in [0, 0.05) is 18.1 Å². The highest BCUT2D eigenvalue weighted by Crippen LogP contribution is 2.17. The van der Waals surface area contributed by atoms with Gasteiger partial charge in [-0.15, -0.1) is 0 Å². The van der Waals surface area contributed by atoms with E-state index in [1.165, 1.54) is 0 Å². The number of benzene rings is 1. The molecule has 0 amide bonds. The Balaban J connectivity index is 2.44. The molecule has 1 aromatic rings. The molecule has 0 aliphatic carbocycles. The first-order chi connectivity index (χ1) is 8.26. The number of rotatable bonds is 8. The number of hydrogen-bond acceptors (Lipinski definition) is 3. The molecule has 0 aliphatic heterocycles. The Bertz CT molecular complexity index is 303. The molecule has 17 heavy (non-hydrogen) atoms. The summed E-state index contributed by atoms with van der Waals surface area (Å²) in [7, 11) is 1.69. The highest BCUT2D eigenvalue weighted by atomic mass is 79.9. The van der Waals surface area contributed by atoms with Crippen molar-refractivity contribution in [2.75, 3.05) is 26.8 Å². The maximum atomic E-state index is 5.85. The lowest BCUT2D eigenvalue weighted by Gasteiger charge is -2.19. The number of methoxy groups -OCH3 is 1. The fourth-order valence-corrected chi connectivity index (χ4v) is 1.73. The minimum absolute atomic E-state index is 0.0488. The number of nitrogens with one attached hydrogen (secondary N) is 1. The van der Waals surface area contributed by atoms with Gasteiger partial charge in [0.25, 0.3) is 0 Å². The SMILES string of the molecule is CCCNCC(COC)Oc1ccc(Br)cc1. The predicted molar refractivity (Wildman–Crippen MR) is 73.6 cm³/mol. The molecule has 1 aromatic carbocycles. The van der Waals surface area contributed by atoms with Gasteiger partial charge in [0.05, 0.1) is 6.61 Å². The minimum Gasteiger partial charge on any atom is -0.487 e. The zero-order valence-electron chi connectivity index (χ0n) is 10.4. The van der Waals surface area contributed by atoms with Crippen LogP contribution in [0.2, 0.25) is 0 Å². The van der Waals surface area contributed by atoms with Gasteiger partial charge in [0.1, 0.15) is 11.9 Å². The van der Waals surface area contributed by atoms with Crippen molar-refractivity contribution in [2.45, 2.75) is 19.4 Å². The molecule has 1 atom stereocenters. The molecule has 0 fully saturated rings. The Kier molecular flexibility index (Phi) is 7.24. The van der Waals surface area contributed by atoms with Crippen LogP contribution in [0.15, 0.2) is 28.7 Å². The van der Waals surface area contributed by atoms with Crippen LogP contribution < -0.4 is 10.1 Å². The second-order valence-electron chi connectivity index (χ2n) is 3.85. The average Bonchev–Trinajstić information content (AvgIpc) is 2.32. The van der Waals surface area contributed by atoms with Crippen LogP contribution in [0.25, 0.3) is 0 Å². The van der Waals surface area contributed by atoms with Gasteiger partial charge in [-0.3, -0.25) is 0 Å². The van der Waals surface area contributed by atoms with Crippen molar-refractivity contribution >= 4 is 15.9 Å². The summed E-state index contributed by atoms with van der Waals surface area (Å²) in [6.45, 7) is 4.54.